The third-order valence-corrected chi connectivity index (χ3v) is 8.56. The van der Waals surface area contributed by atoms with Crippen LogP contribution in [0.5, 0.6) is 0 Å². The number of thioether (sulfide) groups is 1. The van der Waals surface area contributed by atoms with Crippen molar-refractivity contribution in [2.75, 3.05) is 24.2 Å². The highest BCUT2D eigenvalue weighted by Crippen LogP contribution is 2.29. The number of hydrogen-bond donors (Lipinski definition) is 2. The van der Waals surface area contributed by atoms with E-state index in [0.29, 0.717) is 34.3 Å². The lowest BCUT2D eigenvalue weighted by molar-refractivity contribution is -0.119. The maximum atomic E-state index is 13.1. The Morgan fingerprint density at radius 3 is 2.47 bits per heavy atom. The van der Waals surface area contributed by atoms with Gasteiger partial charge in [0.1, 0.15) is 0 Å². The van der Waals surface area contributed by atoms with Crippen LogP contribution in [-0.4, -0.2) is 33.2 Å². The van der Waals surface area contributed by atoms with Crippen LogP contribution in [0.4, 0.5) is 5.69 Å². The van der Waals surface area contributed by atoms with Gasteiger partial charge < -0.3 is 10.6 Å². The van der Waals surface area contributed by atoms with Crippen molar-refractivity contribution in [3.8, 4) is 0 Å². The van der Waals surface area contributed by atoms with E-state index in [0.717, 1.165) is 17.1 Å². The van der Waals surface area contributed by atoms with Crippen molar-refractivity contribution in [1.82, 2.24) is 5.32 Å². The fraction of sp³-hybridized carbons (Fsp3) is 0.240. The zero-order valence-corrected chi connectivity index (χ0v) is 21.8. The molecule has 0 aromatic heterocycles. The van der Waals surface area contributed by atoms with E-state index in [-0.39, 0.29) is 22.2 Å². The van der Waals surface area contributed by atoms with Crippen molar-refractivity contribution in [3.05, 3.63) is 87.9 Å². The molecule has 3 rings (SSSR count). The predicted octanol–water partition coefficient (Wildman–Crippen LogP) is 5.85. The van der Waals surface area contributed by atoms with E-state index in [4.69, 9.17) is 23.2 Å². The molecule has 3 aromatic carbocycles. The Hall–Kier alpha value is -2.19. The third kappa shape index (κ3) is 6.92. The molecule has 0 unspecified atom stereocenters. The Morgan fingerprint density at radius 2 is 1.76 bits per heavy atom. The molecule has 0 bridgehead atoms. The van der Waals surface area contributed by atoms with Crippen molar-refractivity contribution in [2.24, 2.45) is 0 Å². The van der Waals surface area contributed by atoms with E-state index >= 15 is 0 Å². The SMILES string of the molecule is CCc1c(NCC(=O)NCCSCc2ccc(Cl)cc2Cl)cccc1S(=O)(=O)c1ccccc1. The second-order valence-corrected chi connectivity index (χ2v) is 11.3. The molecule has 1 amide bonds. The van der Waals surface area contributed by atoms with Crippen LogP contribution in [0.2, 0.25) is 10.0 Å². The number of sulfone groups is 1. The highest BCUT2D eigenvalue weighted by atomic mass is 35.5. The molecule has 34 heavy (non-hydrogen) atoms. The number of halogens is 2. The van der Waals surface area contributed by atoms with Crippen molar-refractivity contribution in [2.45, 2.75) is 28.9 Å². The molecule has 0 saturated carbocycles. The molecule has 0 aliphatic carbocycles. The van der Waals surface area contributed by atoms with Gasteiger partial charge in [0.15, 0.2) is 0 Å². The first kappa shape index (κ1) is 26.4. The van der Waals surface area contributed by atoms with Gasteiger partial charge in [-0.1, -0.05) is 60.5 Å². The summed E-state index contributed by atoms with van der Waals surface area (Å²) in [5.74, 6) is 1.30. The second kappa shape index (κ2) is 12.5. The summed E-state index contributed by atoms with van der Waals surface area (Å²) in [7, 11) is -3.65. The van der Waals surface area contributed by atoms with E-state index in [9.17, 15) is 13.2 Å². The van der Waals surface area contributed by atoms with Crippen LogP contribution in [0.15, 0.2) is 76.5 Å². The smallest absolute Gasteiger partial charge is 0.239 e. The van der Waals surface area contributed by atoms with Gasteiger partial charge in [0, 0.05) is 33.8 Å². The van der Waals surface area contributed by atoms with E-state index in [1.807, 2.05) is 13.0 Å². The van der Waals surface area contributed by atoms with Crippen molar-refractivity contribution in [1.29, 1.82) is 0 Å². The lowest BCUT2D eigenvalue weighted by Gasteiger charge is -2.15. The monoisotopic (exact) mass is 536 g/mol. The zero-order valence-electron chi connectivity index (χ0n) is 18.7. The van der Waals surface area contributed by atoms with Gasteiger partial charge in [-0.05, 0) is 53.9 Å². The number of nitrogens with one attached hydrogen (secondary N) is 2. The largest absolute Gasteiger partial charge is 0.376 e. The van der Waals surface area contributed by atoms with Crippen LogP contribution < -0.4 is 10.6 Å². The Kier molecular flexibility index (Phi) is 9.71. The lowest BCUT2D eigenvalue weighted by Crippen LogP contribution is -2.31. The van der Waals surface area contributed by atoms with E-state index < -0.39 is 9.84 Å². The quantitative estimate of drug-likeness (QED) is 0.300. The van der Waals surface area contributed by atoms with Crippen LogP contribution in [-0.2, 0) is 26.8 Å². The second-order valence-electron chi connectivity index (χ2n) is 7.44. The topological polar surface area (TPSA) is 75.3 Å². The minimum Gasteiger partial charge on any atom is -0.376 e. The van der Waals surface area contributed by atoms with Gasteiger partial charge in [0.05, 0.1) is 16.3 Å². The highest BCUT2D eigenvalue weighted by Gasteiger charge is 2.22. The van der Waals surface area contributed by atoms with Gasteiger partial charge in [-0.2, -0.15) is 11.8 Å². The number of anilines is 1. The normalized spacial score (nSPS) is 11.3. The zero-order chi connectivity index (χ0) is 24.6. The molecule has 0 spiro atoms. The summed E-state index contributed by atoms with van der Waals surface area (Å²) in [5.41, 5.74) is 2.30. The van der Waals surface area contributed by atoms with E-state index in [1.165, 1.54) is 0 Å². The molecule has 0 heterocycles. The molecule has 9 heteroatoms. The van der Waals surface area contributed by atoms with Crippen molar-refractivity contribution in [3.63, 3.8) is 0 Å². The summed E-state index contributed by atoms with van der Waals surface area (Å²) in [5, 5.41) is 7.21. The van der Waals surface area contributed by atoms with Crippen molar-refractivity contribution >= 4 is 56.4 Å². The Balaban J connectivity index is 1.53. The molecule has 0 aliphatic heterocycles. The van der Waals surface area contributed by atoms with Crippen LogP contribution in [0.25, 0.3) is 0 Å². The number of benzene rings is 3. The molecule has 2 N–H and O–H groups in total. The van der Waals surface area contributed by atoms with Gasteiger partial charge >= 0.3 is 0 Å². The van der Waals surface area contributed by atoms with Gasteiger partial charge in [0.2, 0.25) is 15.7 Å². The fourth-order valence-electron chi connectivity index (χ4n) is 3.40. The van der Waals surface area contributed by atoms with Crippen LogP contribution in [0.1, 0.15) is 18.1 Å². The summed E-state index contributed by atoms with van der Waals surface area (Å²) in [6.45, 7) is 2.46. The maximum absolute atomic E-state index is 13.1. The van der Waals surface area contributed by atoms with Gasteiger partial charge in [-0.3, -0.25) is 4.79 Å². The molecule has 0 aliphatic rings. The Labute approximate surface area is 215 Å². The molecular formula is C25H26Cl2N2O3S2. The number of amides is 1. The van der Waals surface area contributed by atoms with Crippen LogP contribution in [0.3, 0.4) is 0 Å². The molecule has 0 atom stereocenters. The van der Waals surface area contributed by atoms with Crippen LogP contribution >= 0.6 is 35.0 Å². The summed E-state index contributed by atoms with van der Waals surface area (Å²) in [6, 6.07) is 18.9. The fourth-order valence-corrected chi connectivity index (χ4v) is 6.42. The van der Waals surface area contributed by atoms with Gasteiger partial charge in [0.25, 0.3) is 0 Å². The van der Waals surface area contributed by atoms with E-state index in [1.54, 1.807) is 72.4 Å². The molecule has 0 saturated heterocycles. The summed E-state index contributed by atoms with van der Waals surface area (Å²) in [4.78, 5) is 12.8. The predicted molar refractivity (Wildman–Crippen MR) is 142 cm³/mol. The average Bonchev–Trinajstić information content (AvgIpc) is 2.84. The van der Waals surface area contributed by atoms with Gasteiger partial charge in [-0.25, -0.2) is 8.42 Å². The number of carbonyl (C=O) groups is 1. The summed E-state index contributed by atoms with van der Waals surface area (Å²) >= 11 is 13.8. The minimum absolute atomic E-state index is 0.0511. The van der Waals surface area contributed by atoms with Crippen molar-refractivity contribution < 1.29 is 13.2 Å². The van der Waals surface area contributed by atoms with E-state index in [2.05, 4.69) is 10.6 Å². The standard InChI is InChI=1S/C25H26Cl2N2O3S2/c1-2-21-23(9-6-10-24(21)34(31,32)20-7-4-3-5-8-20)29-16-25(30)28-13-14-33-17-18-11-12-19(26)15-22(18)27/h3-12,15,29H,2,13-14,16-17H2,1H3,(H,28,30). The molecule has 180 valence electrons. The molecule has 0 fully saturated rings. The first-order chi connectivity index (χ1) is 16.3. The third-order valence-electron chi connectivity index (χ3n) is 5.11. The molecule has 0 radical (unpaired) electrons. The first-order valence-electron chi connectivity index (χ1n) is 10.8. The number of rotatable bonds is 11. The Bertz CT molecular complexity index is 1240. The highest BCUT2D eigenvalue weighted by molar-refractivity contribution is 7.98. The molecular weight excluding hydrogens is 511 g/mol. The van der Waals surface area contributed by atoms with Gasteiger partial charge in [-0.15, -0.1) is 0 Å². The molecule has 3 aromatic rings. The Morgan fingerprint density at radius 1 is 1.00 bits per heavy atom. The number of hydrogen-bond acceptors (Lipinski definition) is 5. The number of carbonyl (C=O) groups excluding carboxylic acids is 1. The maximum Gasteiger partial charge on any atom is 0.239 e. The summed E-state index contributed by atoms with van der Waals surface area (Å²) in [6.07, 6.45) is 0.510. The first-order valence-corrected chi connectivity index (χ1v) is 14.2. The van der Waals surface area contributed by atoms with Crippen LogP contribution in [0, 0.1) is 0 Å². The lowest BCUT2D eigenvalue weighted by atomic mass is 10.1. The minimum atomic E-state index is -3.65. The average molecular weight is 538 g/mol. The molecule has 5 nitrogen and oxygen atoms in total. The summed E-state index contributed by atoms with van der Waals surface area (Å²) < 4.78 is 26.2.